The van der Waals surface area contributed by atoms with Crippen molar-refractivity contribution in [2.24, 2.45) is 0 Å². The third kappa shape index (κ3) is 3.63. The molecule has 0 amide bonds. The normalized spacial score (nSPS) is 13.1. The molecule has 6 nitrogen and oxygen atoms in total. The summed E-state index contributed by atoms with van der Waals surface area (Å²) in [6, 6.07) is 41.3. The van der Waals surface area contributed by atoms with Gasteiger partial charge in [0.2, 0.25) is 0 Å². The molecule has 0 N–H and O–H groups in total. The molecule has 5 heterocycles. The summed E-state index contributed by atoms with van der Waals surface area (Å²) in [6.07, 6.45) is 7.06. The van der Waals surface area contributed by atoms with Crippen LogP contribution in [0.25, 0.3) is 71.9 Å². The molecule has 5 aromatic carbocycles. The molecule has 0 saturated heterocycles. The fraction of sp³-hybridized carbons (Fsp3) is 0.0769. The summed E-state index contributed by atoms with van der Waals surface area (Å²) in [5.41, 5.74) is 12.4. The standard InChI is InChI=1S/C39H27N5O/c1-2-7-25(8-3-1)26-13-16-35-31(21-26)30-10-4-5-11-34(30)43(35)28-15-18-39-33(23-28)32-22-27(14-17-38(32)45-39)42-20-19-37-36(42)12-6-9-29-24-40-41-44(29)37/h1-5,7-8,10-11,13-24H,6,9,12H2. The monoisotopic (exact) mass is 581 g/mol. The number of furan rings is 1. The first-order chi connectivity index (χ1) is 22.3. The molecule has 0 saturated carbocycles. The van der Waals surface area contributed by atoms with Crippen LogP contribution in [-0.4, -0.2) is 24.1 Å². The Morgan fingerprint density at radius 1 is 0.600 bits per heavy atom. The van der Waals surface area contributed by atoms with Crippen LogP contribution in [0.15, 0.2) is 132 Å². The third-order valence-corrected chi connectivity index (χ3v) is 9.41. The number of hydrogen-bond acceptors (Lipinski definition) is 3. The van der Waals surface area contributed by atoms with E-state index in [1.807, 2.05) is 10.9 Å². The van der Waals surface area contributed by atoms with E-state index in [1.165, 1.54) is 38.6 Å². The molecule has 6 heteroatoms. The summed E-state index contributed by atoms with van der Waals surface area (Å²) in [5, 5.41) is 13.2. The maximum atomic E-state index is 6.36. The fourth-order valence-corrected chi connectivity index (χ4v) is 7.31. The van der Waals surface area contributed by atoms with E-state index in [9.17, 15) is 0 Å². The summed E-state index contributed by atoms with van der Waals surface area (Å²) in [5.74, 6) is 0. The van der Waals surface area contributed by atoms with Crippen LogP contribution in [0.2, 0.25) is 0 Å². The molecule has 10 rings (SSSR count). The molecular weight excluding hydrogens is 554 g/mol. The zero-order valence-electron chi connectivity index (χ0n) is 24.4. The highest BCUT2D eigenvalue weighted by molar-refractivity contribution is 6.11. The second-order valence-corrected chi connectivity index (χ2v) is 11.9. The summed E-state index contributed by atoms with van der Waals surface area (Å²) in [4.78, 5) is 0. The largest absolute Gasteiger partial charge is 0.456 e. The number of nitrogens with zero attached hydrogens (tertiary/aromatic N) is 5. The quantitative estimate of drug-likeness (QED) is 0.209. The van der Waals surface area contributed by atoms with Gasteiger partial charge in [-0.3, -0.25) is 0 Å². The van der Waals surface area contributed by atoms with Crippen LogP contribution in [0.3, 0.4) is 0 Å². The maximum Gasteiger partial charge on any atom is 0.135 e. The Morgan fingerprint density at radius 2 is 1.38 bits per heavy atom. The Bertz CT molecular complexity index is 2580. The van der Waals surface area contributed by atoms with E-state index in [1.54, 1.807) is 0 Å². The molecule has 0 radical (unpaired) electrons. The van der Waals surface area contributed by atoms with Gasteiger partial charge >= 0.3 is 0 Å². The summed E-state index contributed by atoms with van der Waals surface area (Å²) >= 11 is 0. The fourth-order valence-electron chi connectivity index (χ4n) is 7.31. The van der Waals surface area contributed by atoms with Crippen LogP contribution in [-0.2, 0) is 12.8 Å². The number of benzene rings is 5. The number of hydrogen-bond donors (Lipinski definition) is 0. The lowest BCUT2D eigenvalue weighted by Gasteiger charge is -2.10. The van der Waals surface area contributed by atoms with Gasteiger partial charge in [-0.05, 0) is 91.1 Å². The average Bonchev–Trinajstić information content (AvgIpc) is 3.86. The van der Waals surface area contributed by atoms with Gasteiger partial charge in [0.25, 0.3) is 0 Å². The van der Waals surface area contributed by atoms with E-state index in [0.717, 1.165) is 64.0 Å². The molecule has 45 heavy (non-hydrogen) atoms. The van der Waals surface area contributed by atoms with Gasteiger partial charge in [0.05, 0.1) is 28.6 Å². The minimum absolute atomic E-state index is 0.886. The summed E-state index contributed by atoms with van der Waals surface area (Å²) in [7, 11) is 0. The molecule has 1 aliphatic heterocycles. The lowest BCUT2D eigenvalue weighted by Crippen LogP contribution is -2.03. The Kier molecular flexibility index (Phi) is 5.08. The minimum atomic E-state index is 0.886. The Balaban J connectivity index is 1.15. The molecule has 0 spiro atoms. The van der Waals surface area contributed by atoms with E-state index < -0.39 is 0 Å². The van der Waals surface area contributed by atoms with Crippen molar-refractivity contribution < 1.29 is 4.42 Å². The van der Waals surface area contributed by atoms with E-state index in [4.69, 9.17) is 4.42 Å². The number of rotatable bonds is 3. The molecule has 0 fully saturated rings. The van der Waals surface area contributed by atoms with Crippen molar-refractivity contribution >= 4 is 43.7 Å². The van der Waals surface area contributed by atoms with Gasteiger partial charge < -0.3 is 13.6 Å². The summed E-state index contributed by atoms with van der Waals surface area (Å²) < 4.78 is 13.0. The third-order valence-electron chi connectivity index (χ3n) is 9.41. The topological polar surface area (TPSA) is 53.7 Å². The zero-order chi connectivity index (χ0) is 29.5. The molecule has 9 aromatic rings. The van der Waals surface area contributed by atoms with Gasteiger partial charge in [-0.1, -0.05) is 59.8 Å². The first-order valence-corrected chi connectivity index (χ1v) is 15.5. The maximum absolute atomic E-state index is 6.36. The van der Waals surface area contributed by atoms with Crippen LogP contribution in [0.1, 0.15) is 17.8 Å². The Morgan fingerprint density at radius 3 is 2.27 bits per heavy atom. The van der Waals surface area contributed by atoms with Gasteiger partial charge in [0, 0.05) is 44.8 Å². The van der Waals surface area contributed by atoms with Gasteiger partial charge in [-0.25, -0.2) is 4.68 Å². The van der Waals surface area contributed by atoms with Crippen molar-refractivity contribution in [1.29, 1.82) is 0 Å². The van der Waals surface area contributed by atoms with Gasteiger partial charge in [0.15, 0.2) is 0 Å². The van der Waals surface area contributed by atoms with Crippen molar-refractivity contribution in [3.8, 4) is 28.2 Å². The van der Waals surface area contributed by atoms with E-state index >= 15 is 0 Å². The first kappa shape index (κ1) is 24.6. The lowest BCUT2D eigenvalue weighted by atomic mass is 10.0. The van der Waals surface area contributed by atoms with Gasteiger partial charge in [-0.15, -0.1) is 5.10 Å². The molecule has 1 aliphatic rings. The second-order valence-electron chi connectivity index (χ2n) is 11.9. The van der Waals surface area contributed by atoms with Crippen molar-refractivity contribution in [2.75, 3.05) is 0 Å². The lowest BCUT2D eigenvalue weighted by molar-refractivity contribution is 0.668. The van der Waals surface area contributed by atoms with Crippen LogP contribution in [0, 0.1) is 0 Å². The van der Waals surface area contributed by atoms with Crippen LogP contribution < -0.4 is 0 Å². The number of fused-ring (bicyclic) bond motifs is 9. The van der Waals surface area contributed by atoms with Crippen LogP contribution in [0.4, 0.5) is 0 Å². The number of para-hydroxylation sites is 1. The molecule has 4 aromatic heterocycles. The summed E-state index contributed by atoms with van der Waals surface area (Å²) in [6.45, 7) is 0. The minimum Gasteiger partial charge on any atom is -0.456 e. The Hall–Kier alpha value is -5.88. The first-order valence-electron chi connectivity index (χ1n) is 15.5. The average molecular weight is 582 g/mol. The van der Waals surface area contributed by atoms with Crippen molar-refractivity contribution in [2.45, 2.75) is 19.3 Å². The van der Waals surface area contributed by atoms with Gasteiger partial charge in [-0.2, -0.15) is 0 Å². The predicted octanol–water partition coefficient (Wildman–Crippen LogP) is 9.21. The molecule has 0 unspecified atom stereocenters. The zero-order valence-corrected chi connectivity index (χ0v) is 24.4. The van der Waals surface area contributed by atoms with E-state index in [2.05, 4.69) is 141 Å². The number of aromatic nitrogens is 5. The molecule has 0 aliphatic carbocycles. The highest BCUT2D eigenvalue weighted by Crippen LogP contribution is 2.38. The molecule has 214 valence electrons. The van der Waals surface area contributed by atoms with E-state index in [0.29, 0.717) is 0 Å². The Labute approximate surface area is 258 Å². The predicted molar refractivity (Wildman–Crippen MR) is 180 cm³/mol. The molecule has 0 atom stereocenters. The van der Waals surface area contributed by atoms with Crippen molar-refractivity contribution in [1.82, 2.24) is 24.1 Å². The highest BCUT2D eigenvalue weighted by Gasteiger charge is 2.20. The number of aryl methyl sites for hydroxylation is 1. The van der Waals surface area contributed by atoms with Crippen molar-refractivity contribution in [3.63, 3.8) is 0 Å². The SMILES string of the molecule is c1ccc(-c2ccc3c(c2)c2ccccc2n3-c2ccc3oc4ccc(-n5ccc6c5CCCc5cnnn5-6)cc4c3c2)cc1. The smallest absolute Gasteiger partial charge is 0.135 e. The van der Waals surface area contributed by atoms with Crippen LogP contribution in [0.5, 0.6) is 0 Å². The molecule has 0 bridgehead atoms. The molecular formula is C39H27N5O. The highest BCUT2D eigenvalue weighted by atomic mass is 16.3. The second kappa shape index (κ2) is 9.31. The van der Waals surface area contributed by atoms with Crippen LogP contribution >= 0.6 is 0 Å². The van der Waals surface area contributed by atoms with Crippen molar-refractivity contribution in [3.05, 3.63) is 139 Å². The van der Waals surface area contributed by atoms with Gasteiger partial charge in [0.1, 0.15) is 11.2 Å². The van der Waals surface area contributed by atoms with E-state index in [-0.39, 0.29) is 0 Å².